The van der Waals surface area contributed by atoms with Gasteiger partial charge in [0.2, 0.25) is 10.0 Å². The predicted octanol–water partition coefficient (Wildman–Crippen LogP) is 1.75. The van der Waals surface area contributed by atoms with Crippen LogP contribution < -0.4 is 4.72 Å². The van der Waals surface area contributed by atoms with Crippen LogP contribution in [-0.2, 0) is 10.0 Å². The van der Waals surface area contributed by atoms with Gasteiger partial charge < -0.3 is 4.90 Å². The number of likely N-dealkylation sites (tertiary alicyclic amines) is 1. The highest BCUT2D eigenvalue weighted by Gasteiger charge is 2.19. The SMILES string of the molecule is CC1CCN(CCNS(=O)(=O)c2cnccc2Cl)CC1. The number of sulfonamides is 1. The summed E-state index contributed by atoms with van der Waals surface area (Å²) in [5.41, 5.74) is 0. The second kappa shape index (κ2) is 6.85. The third-order valence-electron chi connectivity index (χ3n) is 3.62. The highest BCUT2D eigenvalue weighted by molar-refractivity contribution is 7.89. The number of hydrogen-bond donors (Lipinski definition) is 1. The summed E-state index contributed by atoms with van der Waals surface area (Å²) in [5, 5.41) is 0.194. The van der Waals surface area contributed by atoms with E-state index in [0.717, 1.165) is 25.6 Å². The van der Waals surface area contributed by atoms with Gasteiger partial charge in [-0.25, -0.2) is 13.1 Å². The van der Waals surface area contributed by atoms with Gasteiger partial charge in [0.15, 0.2) is 0 Å². The topological polar surface area (TPSA) is 62.3 Å². The monoisotopic (exact) mass is 317 g/mol. The highest BCUT2D eigenvalue weighted by Crippen LogP contribution is 2.19. The summed E-state index contributed by atoms with van der Waals surface area (Å²) >= 11 is 5.88. The quantitative estimate of drug-likeness (QED) is 0.898. The zero-order valence-electron chi connectivity index (χ0n) is 11.5. The number of nitrogens with one attached hydrogen (secondary N) is 1. The molecular weight excluding hydrogens is 298 g/mol. The Morgan fingerprint density at radius 1 is 1.45 bits per heavy atom. The van der Waals surface area contributed by atoms with E-state index in [1.807, 2.05) is 0 Å². The molecule has 1 aliphatic rings. The van der Waals surface area contributed by atoms with E-state index in [9.17, 15) is 8.42 Å². The van der Waals surface area contributed by atoms with E-state index in [2.05, 4.69) is 21.5 Å². The van der Waals surface area contributed by atoms with Gasteiger partial charge in [0.1, 0.15) is 4.90 Å². The first-order valence-corrected chi connectivity index (χ1v) is 8.66. The smallest absolute Gasteiger partial charge is 0.243 e. The Labute approximate surface area is 125 Å². The molecule has 0 aromatic carbocycles. The highest BCUT2D eigenvalue weighted by atomic mass is 35.5. The summed E-state index contributed by atoms with van der Waals surface area (Å²) in [6.45, 7) is 5.45. The molecule has 1 aromatic heterocycles. The molecule has 1 fully saturated rings. The van der Waals surface area contributed by atoms with Crippen LogP contribution in [0.25, 0.3) is 0 Å². The summed E-state index contributed by atoms with van der Waals surface area (Å²) in [4.78, 5) is 6.13. The maximum atomic E-state index is 12.1. The standard InChI is InChI=1S/C13H20ClN3O2S/c1-11-3-7-17(8-4-11)9-6-16-20(18,19)13-10-15-5-2-12(13)14/h2,5,10-11,16H,3-4,6-9H2,1H3. The lowest BCUT2D eigenvalue weighted by Crippen LogP contribution is -2.39. The Morgan fingerprint density at radius 3 is 2.80 bits per heavy atom. The van der Waals surface area contributed by atoms with Gasteiger partial charge in [-0.05, 0) is 37.9 Å². The molecule has 112 valence electrons. The molecule has 2 rings (SSSR count). The molecule has 0 amide bonds. The van der Waals surface area contributed by atoms with E-state index in [1.165, 1.54) is 31.3 Å². The van der Waals surface area contributed by atoms with Crippen molar-refractivity contribution in [2.45, 2.75) is 24.7 Å². The van der Waals surface area contributed by atoms with Gasteiger partial charge in [-0.1, -0.05) is 18.5 Å². The average Bonchev–Trinajstić information content (AvgIpc) is 2.41. The summed E-state index contributed by atoms with van der Waals surface area (Å²) in [6, 6.07) is 1.47. The number of halogens is 1. The Balaban J connectivity index is 1.86. The molecule has 0 radical (unpaired) electrons. The van der Waals surface area contributed by atoms with E-state index < -0.39 is 10.0 Å². The average molecular weight is 318 g/mol. The number of pyridine rings is 1. The lowest BCUT2D eigenvalue weighted by Gasteiger charge is -2.30. The number of rotatable bonds is 5. The second-order valence-electron chi connectivity index (χ2n) is 5.23. The first-order chi connectivity index (χ1) is 9.49. The molecule has 20 heavy (non-hydrogen) atoms. The number of piperidine rings is 1. The first kappa shape index (κ1) is 15.7. The molecule has 0 spiro atoms. The number of aromatic nitrogens is 1. The van der Waals surface area contributed by atoms with Crippen LogP contribution >= 0.6 is 11.6 Å². The van der Waals surface area contributed by atoms with Gasteiger partial charge in [0.25, 0.3) is 0 Å². The molecule has 1 saturated heterocycles. The third kappa shape index (κ3) is 4.15. The van der Waals surface area contributed by atoms with Crippen molar-refractivity contribution in [1.29, 1.82) is 0 Å². The minimum absolute atomic E-state index is 0.0360. The first-order valence-electron chi connectivity index (χ1n) is 6.80. The Kier molecular flexibility index (Phi) is 5.37. The van der Waals surface area contributed by atoms with Gasteiger partial charge in [-0.2, -0.15) is 0 Å². The lowest BCUT2D eigenvalue weighted by molar-refractivity contribution is 0.195. The van der Waals surface area contributed by atoms with Crippen molar-refractivity contribution in [2.75, 3.05) is 26.2 Å². The molecule has 7 heteroatoms. The molecular formula is C13H20ClN3O2S. The molecule has 0 atom stereocenters. The predicted molar refractivity (Wildman–Crippen MR) is 79.3 cm³/mol. The van der Waals surface area contributed by atoms with Crippen molar-refractivity contribution in [1.82, 2.24) is 14.6 Å². The summed E-state index contributed by atoms with van der Waals surface area (Å²) in [7, 11) is -3.57. The van der Waals surface area contributed by atoms with Crippen molar-refractivity contribution in [3.63, 3.8) is 0 Å². The molecule has 2 heterocycles. The minimum Gasteiger partial charge on any atom is -0.302 e. The maximum Gasteiger partial charge on any atom is 0.243 e. The second-order valence-corrected chi connectivity index (χ2v) is 7.37. The zero-order valence-corrected chi connectivity index (χ0v) is 13.1. The Morgan fingerprint density at radius 2 is 2.15 bits per heavy atom. The van der Waals surface area contributed by atoms with Crippen molar-refractivity contribution in [3.05, 3.63) is 23.5 Å². The molecule has 1 aromatic rings. The zero-order chi connectivity index (χ0) is 14.6. The molecule has 5 nitrogen and oxygen atoms in total. The van der Waals surface area contributed by atoms with Crippen LogP contribution in [0, 0.1) is 5.92 Å². The van der Waals surface area contributed by atoms with Gasteiger partial charge >= 0.3 is 0 Å². The van der Waals surface area contributed by atoms with Gasteiger partial charge in [-0.3, -0.25) is 4.98 Å². The van der Waals surface area contributed by atoms with Gasteiger partial charge in [-0.15, -0.1) is 0 Å². The Bertz CT molecular complexity index is 542. The molecule has 0 aliphatic carbocycles. The molecule has 0 bridgehead atoms. The van der Waals surface area contributed by atoms with Crippen molar-refractivity contribution in [2.24, 2.45) is 5.92 Å². The van der Waals surface area contributed by atoms with E-state index in [-0.39, 0.29) is 9.92 Å². The minimum atomic E-state index is -3.57. The number of nitrogens with zero attached hydrogens (tertiary/aromatic N) is 2. The molecule has 0 unspecified atom stereocenters. The Hall–Kier alpha value is -0.690. The van der Waals surface area contributed by atoms with Crippen LogP contribution in [-0.4, -0.2) is 44.5 Å². The normalized spacial score (nSPS) is 18.3. The summed E-state index contributed by atoms with van der Waals surface area (Å²) < 4.78 is 26.8. The summed E-state index contributed by atoms with van der Waals surface area (Å²) in [5.74, 6) is 0.775. The van der Waals surface area contributed by atoms with Crippen LogP contribution in [0.4, 0.5) is 0 Å². The van der Waals surface area contributed by atoms with Crippen LogP contribution in [0.1, 0.15) is 19.8 Å². The van der Waals surface area contributed by atoms with Crippen molar-refractivity contribution in [3.8, 4) is 0 Å². The molecule has 1 N–H and O–H groups in total. The van der Waals surface area contributed by atoms with Crippen LogP contribution in [0.15, 0.2) is 23.4 Å². The van der Waals surface area contributed by atoms with Gasteiger partial charge in [0, 0.05) is 25.5 Å². The maximum absolute atomic E-state index is 12.1. The van der Waals surface area contributed by atoms with Crippen LogP contribution in [0.3, 0.4) is 0 Å². The molecule has 0 saturated carbocycles. The third-order valence-corrected chi connectivity index (χ3v) is 5.55. The summed E-state index contributed by atoms with van der Waals surface area (Å²) in [6.07, 6.45) is 5.10. The van der Waals surface area contributed by atoms with Crippen molar-refractivity contribution < 1.29 is 8.42 Å². The van der Waals surface area contributed by atoms with E-state index in [0.29, 0.717) is 6.54 Å². The lowest BCUT2D eigenvalue weighted by atomic mass is 9.99. The molecule has 1 aliphatic heterocycles. The van der Waals surface area contributed by atoms with E-state index in [4.69, 9.17) is 11.6 Å². The largest absolute Gasteiger partial charge is 0.302 e. The fourth-order valence-electron chi connectivity index (χ4n) is 2.26. The van der Waals surface area contributed by atoms with E-state index in [1.54, 1.807) is 0 Å². The fourth-order valence-corrected chi connectivity index (χ4v) is 3.71. The van der Waals surface area contributed by atoms with Crippen LogP contribution in [0.5, 0.6) is 0 Å². The fraction of sp³-hybridized carbons (Fsp3) is 0.615. The van der Waals surface area contributed by atoms with Gasteiger partial charge in [0.05, 0.1) is 5.02 Å². The van der Waals surface area contributed by atoms with E-state index >= 15 is 0 Å². The van der Waals surface area contributed by atoms with Crippen LogP contribution in [0.2, 0.25) is 5.02 Å². The van der Waals surface area contributed by atoms with Crippen molar-refractivity contribution >= 4 is 21.6 Å². The number of hydrogen-bond acceptors (Lipinski definition) is 4.